The van der Waals surface area contributed by atoms with Crippen LogP contribution in [0.3, 0.4) is 0 Å². The van der Waals surface area contributed by atoms with E-state index in [0.717, 1.165) is 0 Å². The van der Waals surface area contributed by atoms with Gasteiger partial charge in [0.15, 0.2) is 5.78 Å². The zero-order valence-corrected chi connectivity index (χ0v) is 22.1. The first-order chi connectivity index (χ1) is 19.0. The van der Waals surface area contributed by atoms with Crippen LogP contribution in [-0.2, 0) is 4.79 Å². The van der Waals surface area contributed by atoms with Gasteiger partial charge in [-0.1, -0.05) is 0 Å². The second-order valence-corrected chi connectivity index (χ2v) is 10.2. The Kier molecular flexibility index (Phi) is 9.07. The number of piperidine rings is 1. The number of aromatic nitrogens is 3. The number of carbonyl (C=O) groups excluding carboxylic acids is 2. The number of nitrogens with two attached hydrogens (primary N) is 2. The number of nitrogens with one attached hydrogen (secondary N) is 2. The smallest absolute Gasteiger partial charge is 0.446 e. The van der Waals surface area contributed by atoms with Crippen molar-refractivity contribution in [1.29, 1.82) is 0 Å². The highest BCUT2D eigenvalue weighted by Gasteiger charge is 2.29. The van der Waals surface area contributed by atoms with E-state index in [9.17, 15) is 22.8 Å². The number of ketones is 1. The van der Waals surface area contributed by atoms with Crippen LogP contribution >= 0.6 is 11.8 Å². The number of carbonyl (C=O) groups is 2. The zero-order valence-electron chi connectivity index (χ0n) is 21.3. The molecule has 1 aliphatic heterocycles. The van der Waals surface area contributed by atoms with Crippen LogP contribution in [0, 0.1) is 0 Å². The van der Waals surface area contributed by atoms with Gasteiger partial charge >= 0.3 is 11.5 Å². The molecule has 1 saturated heterocycles. The predicted octanol–water partition coefficient (Wildman–Crippen LogP) is 3.31. The molecule has 15 heteroatoms. The first kappa shape index (κ1) is 29.0. The fourth-order valence-corrected chi connectivity index (χ4v) is 4.58. The van der Waals surface area contributed by atoms with Crippen molar-refractivity contribution >= 4 is 46.7 Å². The SMILES string of the molecule is COc1nc(Nc2ccc(C(=O)CC(=O)Nc3ccc(SC(F)(F)F)cc3)cc2)nc(N2C[C@H](N)C[C@H](N)C2)n1. The maximum atomic E-state index is 12.6. The molecule has 6 N–H and O–H groups in total. The third kappa shape index (κ3) is 8.27. The van der Waals surface area contributed by atoms with Gasteiger partial charge in [0.05, 0.1) is 13.5 Å². The molecule has 1 aliphatic rings. The third-order valence-corrected chi connectivity index (χ3v) is 6.48. The van der Waals surface area contributed by atoms with E-state index in [1.165, 1.54) is 31.4 Å². The van der Waals surface area contributed by atoms with Crippen LogP contribution < -0.4 is 31.7 Å². The molecule has 212 valence electrons. The number of amides is 1. The predicted molar refractivity (Wildman–Crippen MR) is 145 cm³/mol. The summed E-state index contributed by atoms with van der Waals surface area (Å²) in [5, 5.41) is 5.55. The minimum absolute atomic E-state index is 0.0120. The van der Waals surface area contributed by atoms with Crippen LogP contribution in [0.15, 0.2) is 53.4 Å². The number of Topliss-reactive ketones (excluding diaryl/α,β-unsaturated/α-hetero) is 1. The molecule has 1 aromatic heterocycles. The van der Waals surface area contributed by atoms with E-state index in [-0.39, 0.29) is 46.4 Å². The van der Waals surface area contributed by atoms with E-state index in [0.29, 0.717) is 36.7 Å². The van der Waals surface area contributed by atoms with Crippen molar-refractivity contribution in [2.75, 3.05) is 35.7 Å². The summed E-state index contributed by atoms with van der Waals surface area (Å²) in [4.78, 5) is 39.7. The molecule has 2 heterocycles. The average Bonchev–Trinajstić information content (AvgIpc) is 2.88. The van der Waals surface area contributed by atoms with Gasteiger partial charge in [-0.15, -0.1) is 0 Å². The summed E-state index contributed by atoms with van der Waals surface area (Å²) >= 11 is -0.254. The number of rotatable bonds is 9. The Morgan fingerprint density at radius 1 is 1.00 bits per heavy atom. The fourth-order valence-electron chi connectivity index (χ4n) is 4.04. The van der Waals surface area contributed by atoms with Gasteiger partial charge in [0.1, 0.15) is 0 Å². The van der Waals surface area contributed by atoms with Crippen molar-refractivity contribution in [3.63, 3.8) is 0 Å². The number of anilines is 4. The lowest BCUT2D eigenvalue weighted by molar-refractivity contribution is -0.115. The summed E-state index contributed by atoms with van der Waals surface area (Å²) < 4.78 is 42.6. The molecule has 2 aromatic carbocycles. The van der Waals surface area contributed by atoms with Crippen molar-refractivity contribution in [2.24, 2.45) is 11.5 Å². The van der Waals surface area contributed by atoms with E-state index in [1.807, 2.05) is 4.90 Å². The van der Waals surface area contributed by atoms with Gasteiger partial charge in [-0.05, 0) is 66.7 Å². The van der Waals surface area contributed by atoms with Crippen molar-refractivity contribution in [1.82, 2.24) is 15.0 Å². The van der Waals surface area contributed by atoms with Crippen molar-refractivity contribution in [2.45, 2.75) is 35.3 Å². The molecule has 3 aromatic rings. The van der Waals surface area contributed by atoms with Gasteiger partial charge in [0, 0.05) is 47.0 Å². The molecule has 40 heavy (non-hydrogen) atoms. The van der Waals surface area contributed by atoms with Crippen LogP contribution in [0.1, 0.15) is 23.2 Å². The summed E-state index contributed by atoms with van der Waals surface area (Å²) in [5.41, 5.74) is 8.92. The Bertz CT molecular complexity index is 1330. The van der Waals surface area contributed by atoms with Crippen LogP contribution in [-0.4, -0.2) is 64.4 Å². The molecule has 0 spiro atoms. The van der Waals surface area contributed by atoms with Crippen molar-refractivity contribution in [3.8, 4) is 6.01 Å². The molecular weight excluding hydrogens is 549 g/mol. The van der Waals surface area contributed by atoms with E-state index in [1.54, 1.807) is 24.3 Å². The Hall–Kier alpha value is -3.95. The van der Waals surface area contributed by atoms with E-state index >= 15 is 0 Å². The molecule has 0 aliphatic carbocycles. The monoisotopic (exact) mass is 576 g/mol. The summed E-state index contributed by atoms with van der Waals surface area (Å²) in [5.74, 6) is -0.445. The van der Waals surface area contributed by atoms with Gasteiger partial charge in [-0.25, -0.2) is 0 Å². The van der Waals surface area contributed by atoms with Crippen LogP contribution in [0.5, 0.6) is 6.01 Å². The minimum atomic E-state index is -4.40. The number of hydrogen-bond acceptors (Lipinski definition) is 11. The van der Waals surface area contributed by atoms with Gasteiger partial charge in [0.25, 0.3) is 0 Å². The molecule has 11 nitrogen and oxygen atoms in total. The first-order valence-electron chi connectivity index (χ1n) is 12.1. The molecular formula is C25H27F3N8O3S. The Morgan fingerprint density at radius 3 is 2.23 bits per heavy atom. The van der Waals surface area contributed by atoms with Crippen molar-refractivity contribution < 1.29 is 27.5 Å². The highest BCUT2D eigenvalue weighted by molar-refractivity contribution is 8.00. The highest BCUT2D eigenvalue weighted by atomic mass is 32.2. The first-order valence-corrected chi connectivity index (χ1v) is 12.9. The Balaban J connectivity index is 1.36. The zero-order chi connectivity index (χ0) is 28.9. The largest absolute Gasteiger partial charge is 0.467 e. The van der Waals surface area contributed by atoms with Gasteiger partial charge in [-0.3, -0.25) is 9.59 Å². The maximum Gasteiger partial charge on any atom is 0.446 e. The molecule has 2 atom stereocenters. The van der Waals surface area contributed by atoms with E-state index in [4.69, 9.17) is 16.2 Å². The molecule has 4 rings (SSSR count). The van der Waals surface area contributed by atoms with E-state index in [2.05, 4.69) is 25.6 Å². The average molecular weight is 577 g/mol. The van der Waals surface area contributed by atoms with E-state index < -0.39 is 23.6 Å². The van der Waals surface area contributed by atoms with Gasteiger partial charge in [-0.2, -0.15) is 28.1 Å². The Morgan fingerprint density at radius 2 is 1.62 bits per heavy atom. The maximum absolute atomic E-state index is 12.6. The molecule has 1 amide bonds. The molecule has 1 fully saturated rings. The second-order valence-electron chi connectivity index (χ2n) is 9.03. The molecule has 0 bridgehead atoms. The normalized spacial score (nSPS) is 17.3. The fraction of sp³-hybridized carbons (Fsp3) is 0.320. The quantitative estimate of drug-likeness (QED) is 0.168. The summed E-state index contributed by atoms with van der Waals surface area (Å²) in [6.07, 6.45) is 0.258. The highest BCUT2D eigenvalue weighted by Crippen LogP contribution is 2.37. The number of thioether (sulfide) groups is 1. The lowest BCUT2D eigenvalue weighted by Gasteiger charge is -2.34. The van der Waals surface area contributed by atoms with Gasteiger partial charge in [0.2, 0.25) is 17.8 Å². The lowest BCUT2D eigenvalue weighted by Crippen LogP contribution is -2.52. The second kappa shape index (κ2) is 12.5. The number of halogens is 3. The number of nitrogens with zero attached hydrogens (tertiary/aromatic N) is 4. The van der Waals surface area contributed by atoms with Crippen LogP contribution in [0.4, 0.5) is 36.4 Å². The summed E-state index contributed by atoms with van der Waals surface area (Å²) in [6, 6.07) is 11.4. The number of ether oxygens (including phenoxy) is 1. The summed E-state index contributed by atoms with van der Waals surface area (Å²) in [7, 11) is 1.44. The lowest BCUT2D eigenvalue weighted by atomic mass is 10.0. The number of alkyl halides is 3. The standard InChI is InChI=1S/C25H27F3N8O3S/c1-39-24-34-22(33-23(35-24)36-12-15(29)10-16(30)13-36)32-18-4-2-14(3-5-18)20(37)11-21(38)31-17-6-8-19(9-7-17)40-25(26,27)28/h2-9,15-16H,10-13,29-30H2,1H3,(H,31,38)(H,32,33,34,35)/t15-,16+. The molecule has 0 unspecified atom stereocenters. The van der Waals surface area contributed by atoms with Crippen LogP contribution in [0.25, 0.3) is 0 Å². The molecule has 0 radical (unpaired) electrons. The summed E-state index contributed by atoms with van der Waals surface area (Å²) in [6.45, 7) is 1.07. The third-order valence-electron chi connectivity index (χ3n) is 5.74. The van der Waals surface area contributed by atoms with Gasteiger partial charge < -0.3 is 31.7 Å². The number of benzene rings is 2. The van der Waals surface area contributed by atoms with Crippen molar-refractivity contribution in [3.05, 3.63) is 54.1 Å². The topological polar surface area (TPSA) is 161 Å². The minimum Gasteiger partial charge on any atom is -0.467 e. The van der Waals surface area contributed by atoms with Crippen LogP contribution in [0.2, 0.25) is 0 Å². The molecule has 0 saturated carbocycles. The Labute approximate surface area is 231 Å². The number of methoxy groups -OCH3 is 1. The number of hydrogen-bond donors (Lipinski definition) is 4.